The third-order valence-electron chi connectivity index (χ3n) is 3.60. The predicted octanol–water partition coefficient (Wildman–Crippen LogP) is 5.82. The zero-order chi connectivity index (χ0) is 19.5. The monoisotopic (exact) mass is 403 g/mol. The fourth-order valence-corrected chi connectivity index (χ4v) is 3.67. The summed E-state index contributed by atoms with van der Waals surface area (Å²) in [5.74, 6) is -1.14. The molecule has 4 nitrogen and oxygen atoms in total. The SMILES string of the molecule is CCCCOC(=O)C(CCC)Sc1cc(NC(=O)CCC)c(F)cc1Cl. The third kappa shape index (κ3) is 7.54. The molecule has 0 aromatic heterocycles. The van der Waals surface area contributed by atoms with Crippen LogP contribution in [0.15, 0.2) is 17.0 Å². The largest absolute Gasteiger partial charge is 0.465 e. The zero-order valence-corrected chi connectivity index (χ0v) is 17.1. The minimum Gasteiger partial charge on any atom is -0.465 e. The number of rotatable bonds is 11. The van der Waals surface area contributed by atoms with Gasteiger partial charge >= 0.3 is 5.97 Å². The van der Waals surface area contributed by atoms with Crippen molar-refractivity contribution >= 4 is 40.9 Å². The first kappa shape index (κ1) is 22.8. The Morgan fingerprint density at radius 2 is 1.96 bits per heavy atom. The fourth-order valence-electron chi connectivity index (χ4n) is 2.21. The normalized spacial score (nSPS) is 11.9. The number of anilines is 1. The number of thioether (sulfide) groups is 1. The van der Waals surface area contributed by atoms with Crippen molar-refractivity contribution in [2.75, 3.05) is 11.9 Å². The van der Waals surface area contributed by atoms with E-state index in [-0.39, 0.29) is 22.6 Å². The van der Waals surface area contributed by atoms with Gasteiger partial charge in [-0.1, -0.05) is 45.2 Å². The molecule has 0 spiro atoms. The Bertz CT molecular complexity index is 613. The van der Waals surface area contributed by atoms with Crippen LogP contribution in [-0.4, -0.2) is 23.7 Å². The van der Waals surface area contributed by atoms with E-state index in [1.807, 2.05) is 20.8 Å². The molecule has 146 valence electrons. The number of hydrogen-bond donors (Lipinski definition) is 1. The summed E-state index contributed by atoms with van der Waals surface area (Å²) in [6, 6.07) is 2.65. The van der Waals surface area contributed by atoms with Gasteiger partial charge in [-0.05, 0) is 31.4 Å². The van der Waals surface area contributed by atoms with Gasteiger partial charge in [-0.15, -0.1) is 11.8 Å². The van der Waals surface area contributed by atoms with Crippen LogP contribution < -0.4 is 5.32 Å². The average molecular weight is 404 g/mol. The highest BCUT2D eigenvalue weighted by molar-refractivity contribution is 8.00. The summed E-state index contributed by atoms with van der Waals surface area (Å²) >= 11 is 7.39. The maximum atomic E-state index is 14.1. The van der Waals surface area contributed by atoms with Crippen LogP contribution >= 0.6 is 23.4 Å². The van der Waals surface area contributed by atoms with Crippen molar-refractivity contribution in [2.45, 2.75) is 69.4 Å². The first-order valence-electron chi connectivity index (χ1n) is 9.05. The zero-order valence-electron chi connectivity index (χ0n) is 15.6. The Balaban J connectivity index is 2.92. The topological polar surface area (TPSA) is 55.4 Å². The molecule has 1 unspecified atom stereocenters. The number of carbonyl (C=O) groups is 2. The highest BCUT2D eigenvalue weighted by Crippen LogP contribution is 2.36. The molecule has 0 radical (unpaired) electrons. The molecule has 1 aromatic rings. The molecule has 1 rings (SSSR count). The van der Waals surface area contributed by atoms with Crippen LogP contribution in [0, 0.1) is 5.82 Å². The second-order valence-corrected chi connectivity index (χ2v) is 7.63. The Morgan fingerprint density at radius 3 is 2.58 bits per heavy atom. The smallest absolute Gasteiger partial charge is 0.319 e. The Morgan fingerprint density at radius 1 is 1.23 bits per heavy atom. The van der Waals surface area contributed by atoms with Crippen LogP contribution in [0.25, 0.3) is 0 Å². The minimum absolute atomic E-state index is 0.0740. The summed E-state index contributed by atoms with van der Waals surface area (Å²) in [6.45, 7) is 6.28. The molecule has 0 aliphatic heterocycles. The number of carbonyl (C=O) groups excluding carboxylic acids is 2. The lowest BCUT2D eigenvalue weighted by Crippen LogP contribution is -2.21. The van der Waals surface area contributed by atoms with Crippen molar-refractivity contribution in [1.29, 1.82) is 0 Å². The van der Waals surface area contributed by atoms with E-state index in [0.717, 1.165) is 25.3 Å². The first-order chi connectivity index (χ1) is 12.4. The van der Waals surface area contributed by atoms with E-state index in [4.69, 9.17) is 16.3 Å². The van der Waals surface area contributed by atoms with E-state index in [1.165, 1.54) is 17.8 Å². The van der Waals surface area contributed by atoms with Gasteiger partial charge in [-0.3, -0.25) is 9.59 Å². The molecule has 1 atom stereocenters. The summed E-state index contributed by atoms with van der Waals surface area (Å²) in [5.41, 5.74) is 0.0740. The summed E-state index contributed by atoms with van der Waals surface area (Å²) < 4.78 is 19.4. The molecular formula is C19H27ClFNO3S. The second kappa shape index (κ2) is 12.2. The number of benzene rings is 1. The molecule has 0 saturated heterocycles. The maximum absolute atomic E-state index is 14.1. The first-order valence-corrected chi connectivity index (χ1v) is 10.3. The van der Waals surface area contributed by atoms with Gasteiger partial charge in [-0.2, -0.15) is 0 Å². The van der Waals surface area contributed by atoms with Crippen molar-refractivity contribution in [1.82, 2.24) is 0 Å². The van der Waals surface area contributed by atoms with Crippen LogP contribution in [0.1, 0.15) is 59.3 Å². The lowest BCUT2D eigenvalue weighted by Gasteiger charge is -2.17. The summed E-state index contributed by atoms with van der Waals surface area (Å²) in [7, 11) is 0. The van der Waals surface area contributed by atoms with Crippen LogP contribution in [0.2, 0.25) is 5.02 Å². The predicted molar refractivity (Wildman–Crippen MR) is 105 cm³/mol. The molecule has 0 saturated carbocycles. The minimum atomic E-state index is -0.596. The molecule has 0 heterocycles. The van der Waals surface area contributed by atoms with Gasteiger partial charge < -0.3 is 10.1 Å². The van der Waals surface area contributed by atoms with Crippen LogP contribution in [0.4, 0.5) is 10.1 Å². The second-order valence-electron chi connectivity index (χ2n) is 5.98. The molecule has 0 fully saturated rings. The van der Waals surface area contributed by atoms with Crippen molar-refractivity contribution in [2.24, 2.45) is 0 Å². The van der Waals surface area contributed by atoms with Gasteiger partial charge in [0.15, 0.2) is 0 Å². The molecule has 26 heavy (non-hydrogen) atoms. The van der Waals surface area contributed by atoms with Crippen molar-refractivity contribution in [3.05, 3.63) is 23.0 Å². The molecule has 1 amide bonds. The average Bonchev–Trinajstić information content (AvgIpc) is 2.58. The van der Waals surface area contributed by atoms with Gasteiger partial charge in [0, 0.05) is 11.3 Å². The van der Waals surface area contributed by atoms with Gasteiger partial charge in [0.2, 0.25) is 5.91 Å². The molecule has 0 aliphatic rings. The standard InChI is InChI=1S/C19H27ClFNO3S/c1-4-7-10-25-19(24)16(8-5-2)26-17-12-15(14(21)11-13(17)20)22-18(23)9-6-3/h11-12,16H,4-10H2,1-3H3,(H,22,23). The molecule has 7 heteroatoms. The fraction of sp³-hybridized carbons (Fsp3) is 0.579. The van der Waals surface area contributed by atoms with Gasteiger partial charge in [0.1, 0.15) is 11.1 Å². The van der Waals surface area contributed by atoms with Gasteiger partial charge in [0.05, 0.1) is 17.3 Å². The Labute approximate surface area is 164 Å². The Kier molecular flexibility index (Phi) is 10.7. The van der Waals surface area contributed by atoms with E-state index in [1.54, 1.807) is 0 Å². The lowest BCUT2D eigenvalue weighted by atomic mass is 10.2. The lowest BCUT2D eigenvalue weighted by molar-refractivity contribution is -0.143. The van der Waals surface area contributed by atoms with E-state index < -0.39 is 11.1 Å². The summed E-state index contributed by atoms with van der Waals surface area (Å²) in [4.78, 5) is 24.6. The Hall–Kier alpha value is -1.27. The van der Waals surface area contributed by atoms with E-state index >= 15 is 0 Å². The number of halogens is 2. The van der Waals surface area contributed by atoms with E-state index in [2.05, 4.69) is 5.32 Å². The molecule has 0 bridgehead atoms. The van der Waals surface area contributed by atoms with Crippen molar-refractivity contribution < 1.29 is 18.7 Å². The number of esters is 1. The van der Waals surface area contributed by atoms with Gasteiger partial charge in [-0.25, -0.2) is 4.39 Å². The van der Waals surface area contributed by atoms with Crippen LogP contribution in [0.5, 0.6) is 0 Å². The molecule has 1 aromatic carbocycles. The van der Waals surface area contributed by atoms with Crippen LogP contribution in [-0.2, 0) is 14.3 Å². The summed E-state index contributed by atoms with van der Waals surface area (Å²) in [5, 5.41) is 2.35. The number of unbranched alkanes of at least 4 members (excludes halogenated alkanes) is 1. The number of amides is 1. The summed E-state index contributed by atoms with van der Waals surface area (Å²) in [6.07, 6.45) is 4.18. The molecule has 1 N–H and O–H groups in total. The maximum Gasteiger partial charge on any atom is 0.319 e. The molecule has 0 aliphatic carbocycles. The van der Waals surface area contributed by atoms with E-state index in [9.17, 15) is 14.0 Å². The van der Waals surface area contributed by atoms with Gasteiger partial charge in [0.25, 0.3) is 0 Å². The highest BCUT2D eigenvalue weighted by Gasteiger charge is 2.23. The number of hydrogen-bond acceptors (Lipinski definition) is 4. The highest BCUT2D eigenvalue weighted by atomic mass is 35.5. The van der Waals surface area contributed by atoms with E-state index in [0.29, 0.717) is 30.8 Å². The number of ether oxygens (including phenoxy) is 1. The molecular weight excluding hydrogens is 377 g/mol. The third-order valence-corrected chi connectivity index (χ3v) is 5.33. The van der Waals surface area contributed by atoms with Crippen LogP contribution in [0.3, 0.4) is 0 Å². The van der Waals surface area contributed by atoms with Crippen molar-refractivity contribution in [3.63, 3.8) is 0 Å². The number of nitrogens with one attached hydrogen (secondary N) is 1. The quantitative estimate of drug-likeness (QED) is 0.287. The van der Waals surface area contributed by atoms with Crippen molar-refractivity contribution in [3.8, 4) is 0 Å².